The Labute approximate surface area is 118 Å². The van der Waals surface area contributed by atoms with Crippen LogP contribution in [0.2, 0.25) is 0 Å². The zero-order chi connectivity index (χ0) is 13.2. The van der Waals surface area contributed by atoms with Crippen molar-refractivity contribution in [2.24, 2.45) is 5.73 Å². The molecule has 0 amide bonds. The van der Waals surface area contributed by atoms with Crippen molar-refractivity contribution in [2.45, 2.75) is 45.4 Å². The van der Waals surface area contributed by atoms with Crippen LogP contribution in [0.25, 0.3) is 0 Å². The second-order valence-electron chi connectivity index (χ2n) is 5.27. The van der Waals surface area contributed by atoms with Crippen LogP contribution in [0.5, 0.6) is 0 Å². The van der Waals surface area contributed by atoms with E-state index < -0.39 is 0 Å². The molecule has 3 rings (SSSR count). The van der Waals surface area contributed by atoms with E-state index in [1.807, 2.05) is 6.92 Å². The SMILES string of the molecule is Cc1oc(CN)cc1CN(Cc1ccsc1)C1CC1. The van der Waals surface area contributed by atoms with Gasteiger partial charge in [-0.25, -0.2) is 0 Å². The van der Waals surface area contributed by atoms with Crippen LogP contribution in [0.15, 0.2) is 27.3 Å². The van der Waals surface area contributed by atoms with Gasteiger partial charge in [-0.05, 0) is 48.2 Å². The summed E-state index contributed by atoms with van der Waals surface area (Å²) in [7, 11) is 0. The summed E-state index contributed by atoms with van der Waals surface area (Å²) in [5.41, 5.74) is 8.33. The summed E-state index contributed by atoms with van der Waals surface area (Å²) in [5, 5.41) is 4.39. The first-order valence-corrected chi connectivity index (χ1v) is 7.74. The van der Waals surface area contributed by atoms with Crippen LogP contribution in [0.1, 0.15) is 35.5 Å². The minimum atomic E-state index is 0.481. The summed E-state index contributed by atoms with van der Waals surface area (Å²) >= 11 is 1.77. The molecule has 2 aromatic rings. The van der Waals surface area contributed by atoms with E-state index in [1.165, 1.54) is 24.0 Å². The van der Waals surface area contributed by atoms with Crippen molar-refractivity contribution in [1.82, 2.24) is 4.90 Å². The minimum absolute atomic E-state index is 0.481. The monoisotopic (exact) mass is 276 g/mol. The van der Waals surface area contributed by atoms with E-state index in [-0.39, 0.29) is 0 Å². The number of hydrogen-bond donors (Lipinski definition) is 1. The standard InChI is InChI=1S/C15H20N2OS/c1-11-13(6-15(7-16)18-11)9-17(14-2-3-14)8-12-4-5-19-10-12/h4-6,10,14H,2-3,7-9,16H2,1H3. The molecular weight excluding hydrogens is 256 g/mol. The van der Waals surface area contributed by atoms with Gasteiger partial charge in [-0.1, -0.05) is 0 Å². The highest BCUT2D eigenvalue weighted by molar-refractivity contribution is 7.07. The lowest BCUT2D eigenvalue weighted by atomic mass is 10.2. The Kier molecular flexibility index (Phi) is 3.73. The Morgan fingerprint density at radius 3 is 2.84 bits per heavy atom. The average Bonchev–Trinajstić information content (AvgIpc) is 3.02. The molecule has 4 heteroatoms. The first-order valence-electron chi connectivity index (χ1n) is 6.79. The van der Waals surface area contributed by atoms with Crippen molar-refractivity contribution in [3.05, 3.63) is 45.5 Å². The van der Waals surface area contributed by atoms with Gasteiger partial charge < -0.3 is 10.2 Å². The lowest BCUT2D eigenvalue weighted by Gasteiger charge is -2.21. The summed E-state index contributed by atoms with van der Waals surface area (Å²) in [6, 6.07) is 5.07. The van der Waals surface area contributed by atoms with E-state index >= 15 is 0 Å². The Hall–Kier alpha value is -1.10. The second-order valence-corrected chi connectivity index (χ2v) is 6.05. The molecule has 0 aliphatic heterocycles. The van der Waals surface area contributed by atoms with Gasteiger partial charge in [-0.15, -0.1) is 0 Å². The molecule has 102 valence electrons. The number of aryl methyl sites for hydroxylation is 1. The van der Waals surface area contributed by atoms with E-state index in [4.69, 9.17) is 10.2 Å². The van der Waals surface area contributed by atoms with Gasteiger partial charge in [0.1, 0.15) is 11.5 Å². The van der Waals surface area contributed by atoms with Crippen LogP contribution in [-0.2, 0) is 19.6 Å². The van der Waals surface area contributed by atoms with Gasteiger partial charge in [0.2, 0.25) is 0 Å². The normalized spacial score (nSPS) is 15.3. The van der Waals surface area contributed by atoms with Crippen molar-refractivity contribution in [1.29, 1.82) is 0 Å². The summed E-state index contributed by atoms with van der Waals surface area (Å²) in [6.45, 7) is 4.52. The van der Waals surface area contributed by atoms with Crippen LogP contribution in [-0.4, -0.2) is 10.9 Å². The summed E-state index contributed by atoms with van der Waals surface area (Å²) in [6.07, 6.45) is 2.65. The van der Waals surface area contributed by atoms with Crippen LogP contribution < -0.4 is 5.73 Å². The van der Waals surface area contributed by atoms with E-state index in [9.17, 15) is 0 Å². The fourth-order valence-corrected chi connectivity index (χ4v) is 3.09. The summed E-state index contributed by atoms with van der Waals surface area (Å²) in [5.74, 6) is 1.90. The molecule has 1 saturated carbocycles. The molecule has 2 N–H and O–H groups in total. The number of hydrogen-bond acceptors (Lipinski definition) is 4. The predicted octanol–water partition coefficient (Wildman–Crippen LogP) is 3.27. The van der Waals surface area contributed by atoms with Gasteiger partial charge in [0.25, 0.3) is 0 Å². The molecule has 2 aromatic heterocycles. The first kappa shape index (κ1) is 12.9. The number of furan rings is 1. The van der Waals surface area contributed by atoms with Crippen molar-refractivity contribution < 1.29 is 4.42 Å². The highest BCUT2D eigenvalue weighted by Gasteiger charge is 2.29. The van der Waals surface area contributed by atoms with E-state index in [0.29, 0.717) is 6.54 Å². The second kappa shape index (κ2) is 5.49. The molecule has 0 unspecified atom stereocenters. The molecule has 3 nitrogen and oxygen atoms in total. The molecule has 19 heavy (non-hydrogen) atoms. The summed E-state index contributed by atoms with van der Waals surface area (Å²) in [4.78, 5) is 2.56. The number of nitrogens with two attached hydrogens (primary N) is 1. The maximum atomic E-state index is 5.65. The lowest BCUT2D eigenvalue weighted by Crippen LogP contribution is -2.24. The molecule has 0 spiro atoms. The molecule has 0 atom stereocenters. The van der Waals surface area contributed by atoms with Crippen LogP contribution in [0.4, 0.5) is 0 Å². The molecule has 0 saturated heterocycles. The van der Waals surface area contributed by atoms with E-state index in [2.05, 4.69) is 27.8 Å². The van der Waals surface area contributed by atoms with Gasteiger partial charge in [0.15, 0.2) is 0 Å². The smallest absolute Gasteiger partial charge is 0.118 e. The van der Waals surface area contributed by atoms with Crippen molar-refractivity contribution >= 4 is 11.3 Å². The number of thiophene rings is 1. The van der Waals surface area contributed by atoms with Crippen molar-refractivity contribution in [3.8, 4) is 0 Å². The Balaban J connectivity index is 1.72. The van der Waals surface area contributed by atoms with Crippen LogP contribution in [0.3, 0.4) is 0 Å². The largest absolute Gasteiger partial charge is 0.465 e. The molecule has 0 radical (unpaired) electrons. The topological polar surface area (TPSA) is 42.4 Å². The van der Waals surface area contributed by atoms with Gasteiger partial charge in [0.05, 0.1) is 6.54 Å². The molecular formula is C15H20N2OS. The van der Waals surface area contributed by atoms with E-state index in [0.717, 1.165) is 30.7 Å². The Morgan fingerprint density at radius 1 is 1.42 bits per heavy atom. The van der Waals surface area contributed by atoms with Gasteiger partial charge >= 0.3 is 0 Å². The fraction of sp³-hybridized carbons (Fsp3) is 0.467. The highest BCUT2D eigenvalue weighted by atomic mass is 32.1. The fourth-order valence-electron chi connectivity index (χ4n) is 2.43. The number of rotatable bonds is 6. The zero-order valence-electron chi connectivity index (χ0n) is 11.3. The molecule has 0 bridgehead atoms. The molecule has 1 fully saturated rings. The first-order chi connectivity index (χ1) is 9.26. The van der Waals surface area contributed by atoms with E-state index in [1.54, 1.807) is 11.3 Å². The maximum Gasteiger partial charge on any atom is 0.118 e. The van der Waals surface area contributed by atoms with Crippen molar-refractivity contribution in [3.63, 3.8) is 0 Å². The number of nitrogens with zero attached hydrogens (tertiary/aromatic N) is 1. The predicted molar refractivity (Wildman–Crippen MR) is 77.9 cm³/mol. The van der Waals surface area contributed by atoms with Gasteiger partial charge in [-0.2, -0.15) is 11.3 Å². The van der Waals surface area contributed by atoms with Crippen LogP contribution >= 0.6 is 11.3 Å². The molecule has 0 aromatic carbocycles. The third-order valence-electron chi connectivity index (χ3n) is 3.68. The minimum Gasteiger partial charge on any atom is -0.465 e. The highest BCUT2D eigenvalue weighted by Crippen LogP contribution is 2.31. The average molecular weight is 276 g/mol. The Bertz CT molecular complexity index is 528. The Morgan fingerprint density at radius 2 is 2.26 bits per heavy atom. The maximum absolute atomic E-state index is 5.65. The molecule has 2 heterocycles. The quantitative estimate of drug-likeness (QED) is 0.880. The summed E-state index contributed by atoms with van der Waals surface area (Å²) < 4.78 is 5.65. The third-order valence-corrected chi connectivity index (χ3v) is 4.41. The van der Waals surface area contributed by atoms with Gasteiger partial charge in [-0.3, -0.25) is 4.90 Å². The zero-order valence-corrected chi connectivity index (χ0v) is 12.1. The lowest BCUT2D eigenvalue weighted by molar-refractivity contribution is 0.244. The van der Waals surface area contributed by atoms with Crippen LogP contribution in [0, 0.1) is 6.92 Å². The molecule has 1 aliphatic carbocycles. The van der Waals surface area contributed by atoms with Gasteiger partial charge in [0, 0.05) is 24.7 Å². The van der Waals surface area contributed by atoms with Crippen molar-refractivity contribution in [2.75, 3.05) is 0 Å². The molecule has 1 aliphatic rings. The third kappa shape index (κ3) is 3.08.